The van der Waals surface area contributed by atoms with Crippen molar-refractivity contribution >= 4 is 24.2 Å². The summed E-state index contributed by atoms with van der Waals surface area (Å²) in [7, 11) is 0. The molecule has 0 spiro atoms. The molecule has 11 nitrogen and oxygen atoms in total. The van der Waals surface area contributed by atoms with E-state index in [-0.39, 0.29) is 37.6 Å². The van der Waals surface area contributed by atoms with Crippen molar-refractivity contribution in [2.24, 2.45) is 5.73 Å². The largest absolute Gasteiger partial charge is 0.513 e. The zero-order valence-electron chi connectivity index (χ0n) is 18.5. The molecule has 0 heterocycles. The van der Waals surface area contributed by atoms with Crippen LogP contribution in [0.1, 0.15) is 52.0 Å². The molecule has 1 rings (SSSR count). The van der Waals surface area contributed by atoms with E-state index in [0.717, 1.165) is 0 Å². The topological polar surface area (TPSA) is 161 Å². The third kappa shape index (κ3) is 8.42. The Morgan fingerprint density at radius 2 is 1.53 bits per heavy atom. The fraction of sp³-hybridized carbons (Fsp3) is 0.524. The lowest BCUT2D eigenvalue weighted by atomic mass is 9.87. The molecule has 0 aliphatic carbocycles. The first-order valence-electron chi connectivity index (χ1n) is 10.1. The van der Waals surface area contributed by atoms with Crippen LogP contribution in [0.15, 0.2) is 18.2 Å². The van der Waals surface area contributed by atoms with Crippen LogP contribution in [0.3, 0.4) is 0 Å². The molecule has 0 saturated heterocycles. The second-order valence-corrected chi connectivity index (χ2v) is 6.64. The van der Waals surface area contributed by atoms with Gasteiger partial charge in [0.05, 0.1) is 19.3 Å². The van der Waals surface area contributed by atoms with E-state index in [1.54, 1.807) is 27.7 Å². The van der Waals surface area contributed by atoms with E-state index in [4.69, 9.17) is 29.4 Å². The van der Waals surface area contributed by atoms with E-state index in [1.165, 1.54) is 18.2 Å². The zero-order chi connectivity index (χ0) is 24.3. The molecule has 32 heavy (non-hydrogen) atoms. The zero-order valence-corrected chi connectivity index (χ0v) is 18.5. The first-order chi connectivity index (χ1) is 15.1. The molecule has 0 bridgehead atoms. The predicted octanol–water partition coefficient (Wildman–Crippen LogP) is 2.98. The first-order valence-corrected chi connectivity index (χ1v) is 10.1. The van der Waals surface area contributed by atoms with Crippen molar-refractivity contribution < 1.29 is 48.0 Å². The highest BCUT2D eigenvalue weighted by Crippen LogP contribution is 2.35. The third-order valence-corrected chi connectivity index (χ3v) is 4.23. The molecule has 3 N–H and O–H groups in total. The molecule has 0 aliphatic rings. The Hall–Kier alpha value is -3.34. The van der Waals surface area contributed by atoms with E-state index in [0.29, 0.717) is 5.56 Å². The van der Waals surface area contributed by atoms with Gasteiger partial charge >= 0.3 is 24.2 Å². The van der Waals surface area contributed by atoms with Crippen LogP contribution in [0.2, 0.25) is 0 Å². The molecule has 1 aromatic carbocycles. The van der Waals surface area contributed by atoms with Crippen LogP contribution in [0.4, 0.5) is 9.59 Å². The summed E-state index contributed by atoms with van der Waals surface area (Å²) in [6, 6.07) is 2.73. The van der Waals surface area contributed by atoms with Gasteiger partial charge in [-0.15, -0.1) is 0 Å². The standard InChI is InChI=1S/C21H29NO10/c1-5-17(23)30-12(4)10-14(18(22)19(24)25)13-8-9-15(31-20(26)28-6-2)16(11-13)32-21(27)29-7-3/h8-9,11-12,14,18H,5-7,10,22H2,1-4H3,(H,24,25)/t12?,14?,18-/m0/s1. The molecular weight excluding hydrogens is 426 g/mol. The highest BCUT2D eigenvalue weighted by molar-refractivity contribution is 5.75. The molecule has 1 aromatic rings. The average molecular weight is 455 g/mol. The first kappa shape index (κ1) is 26.7. The number of carbonyl (C=O) groups excluding carboxylic acids is 3. The third-order valence-electron chi connectivity index (χ3n) is 4.23. The van der Waals surface area contributed by atoms with Gasteiger partial charge in [0, 0.05) is 12.3 Å². The molecule has 0 saturated carbocycles. The molecule has 0 amide bonds. The van der Waals surface area contributed by atoms with Gasteiger partial charge in [-0.3, -0.25) is 9.59 Å². The van der Waals surface area contributed by atoms with Crippen molar-refractivity contribution in [2.75, 3.05) is 13.2 Å². The van der Waals surface area contributed by atoms with Crippen LogP contribution in [-0.4, -0.2) is 54.7 Å². The van der Waals surface area contributed by atoms with Crippen molar-refractivity contribution in [3.05, 3.63) is 23.8 Å². The fourth-order valence-corrected chi connectivity index (χ4v) is 2.77. The van der Waals surface area contributed by atoms with Crippen LogP contribution in [0.5, 0.6) is 11.5 Å². The van der Waals surface area contributed by atoms with Crippen LogP contribution in [-0.2, 0) is 23.8 Å². The number of carboxylic acids is 1. The van der Waals surface area contributed by atoms with Crippen molar-refractivity contribution in [1.29, 1.82) is 0 Å². The Kier molecular flexibility index (Phi) is 11.0. The van der Waals surface area contributed by atoms with E-state index in [9.17, 15) is 24.3 Å². The molecular formula is C21H29NO10. The molecule has 11 heteroatoms. The average Bonchev–Trinajstić information content (AvgIpc) is 2.73. The van der Waals surface area contributed by atoms with Gasteiger partial charge in [-0.1, -0.05) is 13.0 Å². The molecule has 0 aliphatic heterocycles. The van der Waals surface area contributed by atoms with Gasteiger partial charge in [0.1, 0.15) is 6.04 Å². The second-order valence-electron chi connectivity index (χ2n) is 6.64. The number of aliphatic carboxylic acids is 1. The monoisotopic (exact) mass is 455 g/mol. The minimum Gasteiger partial charge on any atom is -0.480 e. The molecule has 178 valence electrons. The van der Waals surface area contributed by atoms with Crippen LogP contribution in [0, 0.1) is 0 Å². The number of rotatable bonds is 11. The van der Waals surface area contributed by atoms with Crippen molar-refractivity contribution in [2.45, 2.75) is 58.6 Å². The van der Waals surface area contributed by atoms with Crippen molar-refractivity contribution in [3.63, 3.8) is 0 Å². The number of nitrogens with two attached hydrogens (primary N) is 1. The van der Waals surface area contributed by atoms with E-state index in [2.05, 4.69) is 0 Å². The summed E-state index contributed by atoms with van der Waals surface area (Å²) in [4.78, 5) is 46.7. The lowest BCUT2D eigenvalue weighted by Crippen LogP contribution is -2.38. The van der Waals surface area contributed by atoms with Crippen LogP contribution >= 0.6 is 0 Å². The predicted molar refractivity (Wildman–Crippen MR) is 111 cm³/mol. The summed E-state index contributed by atoms with van der Waals surface area (Å²) in [5, 5.41) is 9.45. The van der Waals surface area contributed by atoms with Crippen LogP contribution < -0.4 is 15.2 Å². The number of benzene rings is 1. The van der Waals surface area contributed by atoms with E-state index >= 15 is 0 Å². The molecule has 3 atom stereocenters. The number of carbonyl (C=O) groups is 4. The summed E-state index contributed by atoms with van der Waals surface area (Å²) in [5.41, 5.74) is 6.24. The minimum atomic E-state index is -1.36. The SMILES string of the molecule is CCOC(=O)Oc1ccc(C(CC(C)OC(=O)CC)[C@H](N)C(=O)O)cc1OC(=O)OCC. The molecule has 0 radical (unpaired) electrons. The minimum absolute atomic E-state index is 0.0411. The number of hydrogen-bond acceptors (Lipinski definition) is 10. The summed E-state index contributed by atoms with van der Waals surface area (Å²) >= 11 is 0. The quantitative estimate of drug-likeness (QED) is 0.287. The number of ether oxygens (including phenoxy) is 5. The maximum Gasteiger partial charge on any atom is 0.513 e. The normalized spacial score (nSPS) is 13.3. The van der Waals surface area contributed by atoms with Crippen molar-refractivity contribution in [1.82, 2.24) is 0 Å². The highest BCUT2D eigenvalue weighted by atomic mass is 16.7. The summed E-state index contributed by atoms with van der Waals surface area (Å²) in [6.45, 7) is 6.52. The Bertz CT molecular complexity index is 810. The van der Waals surface area contributed by atoms with Gasteiger partial charge in [0.2, 0.25) is 0 Å². The summed E-state index contributed by atoms with van der Waals surface area (Å²) in [5.74, 6) is -2.88. The fourth-order valence-electron chi connectivity index (χ4n) is 2.77. The van der Waals surface area contributed by atoms with E-state index in [1.807, 2.05) is 0 Å². The Morgan fingerprint density at radius 1 is 0.969 bits per heavy atom. The van der Waals surface area contributed by atoms with Gasteiger partial charge in [0.15, 0.2) is 11.5 Å². The van der Waals surface area contributed by atoms with Gasteiger partial charge in [0.25, 0.3) is 0 Å². The number of carboxylic acid groups (broad SMARTS) is 1. The Labute approximate surface area is 185 Å². The van der Waals surface area contributed by atoms with Gasteiger partial charge in [-0.05, 0) is 44.9 Å². The number of esters is 1. The van der Waals surface area contributed by atoms with Crippen molar-refractivity contribution in [3.8, 4) is 11.5 Å². The van der Waals surface area contributed by atoms with E-state index < -0.39 is 42.3 Å². The molecule has 0 aromatic heterocycles. The summed E-state index contributed by atoms with van der Waals surface area (Å²) < 4.78 is 24.9. The molecule has 2 unspecified atom stereocenters. The lowest BCUT2D eigenvalue weighted by Gasteiger charge is -2.25. The smallest absolute Gasteiger partial charge is 0.480 e. The number of hydrogen-bond donors (Lipinski definition) is 2. The Balaban J connectivity index is 3.31. The van der Waals surface area contributed by atoms with Gasteiger partial charge in [-0.25, -0.2) is 9.59 Å². The Morgan fingerprint density at radius 3 is 2.03 bits per heavy atom. The second kappa shape index (κ2) is 13.2. The van der Waals surface area contributed by atoms with Gasteiger partial charge in [-0.2, -0.15) is 0 Å². The molecule has 0 fully saturated rings. The van der Waals surface area contributed by atoms with Crippen LogP contribution in [0.25, 0.3) is 0 Å². The maximum absolute atomic E-state index is 11.8. The highest BCUT2D eigenvalue weighted by Gasteiger charge is 2.30. The lowest BCUT2D eigenvalue weighted by molar-refractivity contribution is -0.148. The van der Waals surface area contributed by atoms with Gasteiger partial charge < -0.3 is 34.5 Å². The summed E-state index contributed by atoms with van der Waals surface area (Å²) in [6.07, 6.45) is -2.47. The maximum atomic E-state index is 11.8.